The molecule has 11 heteroatoms. The summed E-state index contributed by atoms with van der Waals surface area (Å²) in [5.74, 6) is -0.248. The SMILES string of the molecule is C#CCCOc1cnc(C(=O)Nc2cc(F)c(F)c([C@@]3(C)N=C(N)S[C@@]4(COC)CC43)c2)cn1. The Balaban J connectivity index is 1.57. The average Bonchev–Trinajstić information content (AvgIpc) is 3.51. The van der Waals surface area contributed by atoms with E-state index in [0.29, 0.717) is 19.4 Å². The number of methoxy groups -OCH3 is 1. The Morgan fingerprint density at radius 1 is 1.38 bits per heavy atom. The summed E-state index contributed by atoms with van der Waals surface area (Å²) in [6.07, 6.45) is 8.76. The summed E-state index contributed by atoms with van der Waals surface area (Å²) in [7, 11) is 1.58. The van der Waals surface area contributed by atoms with E-state index >= 15 is 0 Å². The smallest absolute Gasteiger partial charge is 0.275 e. The number of amidine groups is 1. The molecule has 178 valence electrons. The lowest BCUT2D eigenvalue weighted by Crippen LogP contribution is -2.38. The lowest BCUT2D eigenvalue weighted by Gasteiger charge is -2.34. The van der Waals surface area contributed by atoms with Crippen molar-refractivity contribution in [1.82, 2.24) is 9.97 Å². The number of nitrogens with one attached hydrogen (secondary N) is 1. The monoisotopic (exact) mass is 487 g/mol. The van der Waals surface area contributed by atoms with Gasteiger partial charge in [0.1, 0.15) is 12.3 Å². The highest BCUT2D eigenvalue weighted by Crippen LogP contribution is 2.66. The number of anilines is 1. The zero-order valence-corrected chi connectivity index (χ0v) is 19.4. The summed E-state index contributed by atoms with van der Waals surface area (Å²) in [5, 5.41) is 2.82. The van der Waals surface area contributed by atoms with Crippen molar-refractivity contribution in [3.63, 3.8) is 0 Å². The maximum atomic E-state index is 15.0. The third-order valence-electron chi connectivity index (χ3n) is 5.93. The second-order valence-corrected chi connectivity index (χ2v) is 9.71. The molecule has 1 aliphatic carbocycles. The lowest BCUT2D eigenvalue weighted by molar-refractivity contribution is 0.102. The minimum absolute atomic E-state index is 0.0115. The molecule has 3 N–H and O–H groups in total. The molecule has 0 radical (unpaired) electrons. The third kappa shape index (κ3) is 4.43. The Bertz CT molecular complexity index is 1190. The van der Waals surface area contributed by atoms with E-state index in [1.807, 2.05) is 0 Å². The number of thioether (sulfide) groups is 1. The van der Waals surface area contributed by atoms with E-state index in [4.69, 9.17) is 21.6 Å². The van der Waals surface area contributed by atoms with Crippen molar-refractivity contribution in [3.05, 3.63) is 47.4 Å². The normalized spacial score (nSPS) is 25.0. The number of halogens is 2. The molecule has 0 saturated heterocycles. The first-order valence-corrected chi connectivity index (χ1v) is 11.3. The predicted molar refractivity (Wildman–Crippen MR) is 125 cm³/mol. The van der Waals surface area contributed by atoms with Crippen LogP contribution in [0.4, 0.5) is 14.5 Å². The van der Waals surface area contributed by atoms with Crippen LogP contribution < -0.4 is 15.8 Å². The average molecular weight is 488 g/mol. The fraction of sp³-hybridized carbons (Fsp3) is 0.391. The quantitative estimate of drug-likeness (QED) is 0.435. The molecule has 4 rings (SSSR count). The predicted octanol–water partition coefficient (Wildman–Crippen LogP) is 3.09. The maximum absolute atomic E-state index is 15.0. The van der Waals surface area contributed by atoms with E-state index in [9.17, 15) is 13.6 Å². The van der Waals surface area contributed by atoms with Crippen LogP contribution in [0.2, 0.25) is 0 Å². The number of amides is 1. The maximum Gasteiger partial charge on any atom is 0.275 e. The van der Waals surface area contributed by atoms with Gasteiger partial charge >= 0.3 is 0 Å². The largest absolute Gasteiger partial charge is 0.476 e. The van der Waals surface area contributed by atoms with Crippen LogP contribution in [0.25, 0.3) is 0 Å². The van der Waals surface area contributed by atoms with Crippen molar-refractivity contribution in [2.24, 2.45) is 16.6 Å². The molecule has 2 aromatic rings. The van der Waals surface area contributed by atoms with E-state index < -0.39 is 23.1 Å². The standard InChI is InChI=1S/C23H23F2N5O3S/c1-4-5-6-33-18-11-27-16(10-28-18)20(31)29-13-7-14(19(25)15(24)8-13)22(2)17-9-23(17,12-32-3)34-21(26)30-22/h1,7-8,10-11,17H,5-6,9,12H2,2-3H3,(H2,26,30)(H,29,31)/t17?,22-,23-/m1/s1. The highest BCUT2D eigenvalue weighted by atomic mass is 32.2. The number of aromatic nitrogens is 2. The molecule has 34 heavy (non-hydrogen) atoms. The number of fused-ring (bicyclic) bond motifs is 1. The Morgan fingerprint density at radius 3 is 2.85 bits per heavy atom. The second-order valence-electron chi connectivity index (χ2n) is 8.27. The highest BCUT2D eigenvalue weighted by molar-refractivity contribution is 8.15. The van der Waals surface area contributed by atoms with Gasteiger partial charge in [-0.3, -0.25) is 9.79 Å². The third-order valence-corrected chi connectivity index (χ3v) is 7.21. The first-order chi connectivity index (χ1) is 16.2. The summed E-state index contributed by atoms with van der Waals surface area (Å²) >= 11 is 1.40. The topological polar surface area (TPSA) is 112 Å². The number of carbonyl (C=O) groups excluding carboxylic acids is 1. The van der Waals surface area contributed by atoms with E-state index in [2.05, 4.69) is 26.2 Å². The number of nitrogens with two attached hydrogens (primary N) is 1. The number of benzene rings is 1. The molecule has 1 aromatic heterocycles. The first-order valence-electron chi connectivity index (χ1n) is 10.4. The van der Waals surface area contributed by atoms with Gasteiger partial charge < -0.3 is 20.5 Å². The van der Waals surface area contributed by atoms with E-state index in [-0.39, 0.29) is 45.3 Å². The van der Waals surface area contributed by atoms with Crippen LogP contribution in [0.5, 0.6) is 5.88 Å². The number of aliphatic imine (C=N–C) groups is 1. The van der Waals surface area contributed by atoms with Crippen LogP contribution in [0.15, 0.2) is 29.5 Å². The Labute approximate surface area is 199 Å². The van der Waals surface area contributed by atoms with Crippen molar-refractivity contribution in [2.75, 3.05) is 25.6 Å². The molecular weight excluding hydrogens is 464 g/mol. The van der Waals surface area contributed by atoms with Crippen LogP contribution in [0.3, 0.4) is 0 Å². The minimum Gasteiger partial charge on any atom is -0.476 e. The summed E-state index contributed by atoms with van der Waals surface area (Å²) in [5.41, 5.74) is 4.98. The Kier molecular flexibility index (Phi) is 6.47. The number of rotatable bonds is 8. The number of terminal acetylenes is 1. The summed E-state index contributed by atoms with van der Waals surface area (Å²) in [6.45, 7) is 2.40. The summed E-state index contributed by atoms with van der Waals surface area (Å²) in [6, 6.07) is 2.29. The number of ether oxygens (including phenoxy) is 2. The van der Waals surface area contributed by atoms with Crippen LogP contribution >= 0.6 is 11.8 Å². The molecule has 0 bridgehead atoms. The fourth-order valence-corrected chi connectivity index (χ4v) is 5.73. The van der Waals surface area contributed by atoms with E-state index in [0.717, 1.165) is 6.07 Å². The molecule has 3 atom stereocenters. The van der Waals surface area contributed by atoms with Gasteiger partial charge in [0.05, 0.1) is 29.3 Å². The molecule has 1 unspecified atom stereocenters. The highest BCUT2D eigenvalue weighted by Gasteiger charge is 2.66. The zero-order chi connectivity index (χ0) is 24.5. The van der Waals surface area contributed by atoms with Crippen molar-refractivity contribution >= 4 is 28.5 Å². The fourth-order valence-electron chi connectivity index (χ4n) is 4.28. The Morgan fingerprint density at radius 2 is 2.18 bits per heavy atom. The van der Waals surface area contributed by atoms with Crippen molar-refractivity contribution in [3.8, 4) is 18.2 Å². The van der Waals surface area contributed by atoms with Crippen molar-refractivity contribution < 1.29 is 23.0 Å². The van der Waals surface area contributed by atoms with Crippen LogP contribution in [0.1, 0.15) is 35.8 Å². The molecule has 1 amide bonds. The molecule has 1 aromatic carbocycles. The molecule has 1 saturated carbocycles. The number of nitrogens with zero attached hydrogens (tertiary/aromatic N) is 3. The number of hydrogen-bond donors (Lipinski definition) is 2. The lowest BCUT2D eigenvalue weighted by atomic mass is 9.85. The molecule has 2 heterocycles. The van der Waals surface area contributed by atoms with Crippen LogP contribution in [-0.4, -0.2) is 46.1 Å². The van der Waals surface area contributed by atoms with Gasteiger partial charge in [-0.2, -0.15) is 0 Å². The van der Waals surface area contributed by atoms with E-state index in [1.165, 1.54) is 30.2 Å². The van der Waals surface area contributed by atoms with Gasteiger partial charge in [-0.15, -0.1) is 12.3 Å². The van der Waals surface area contributed by atoms with Gasteiger partial charge in [0, 0.05) is 36.8 Å². The van der Waals surface area contributed by atoms with Gasteiger partial charge in [0.2, 0.25) is 5.88 Å². The molecule has 1 fully saturated rings. The second kappa shape index (κ2) is 9.19. The van der Waals surface area contributed by atoms with Crippen molar-refractivity contribution in [1.29, 1.82) is 0 Å². The zero-order valence-electron chi connectivity index (χ0n) is 18.6. The van der Waals surface area contributed by atoms with Crippen molar-refractivity contribution in [2.45, 2.75) is 30.1 Å². The van der Waals surface area contributed by atoms with Gasteiger partial charge in [0.25, 0.3) is 5.91 Å². The number of carbonyl (C=O) groups is 1. The molecule has 1 aliphatic heterocycles. The van der Waals surface area contributed by atoms with Gasteiger partial charge in [-0.1, -0.05) is 11.8 Å². The summed E-state index contributed by atoms with van der Waals surface area (Å²) < 4.78 is 39.9. The summed E-state index contributed by atoms with van der Waals surface area (Å²) in [4.78, 5) is 25.1. The van der Waals surface area contributed by atoms with Gasteiger partial charge in [0.15, 0.2) is 16.8 Å². The first kappa shape index (κ1) is 23.9. The Hall–Kier alpha value is -3.23. The van der Waals surface area contributed by atoms with E-state index in [1.54, 1.807) is 14.0 Å². The number of hydrogen-bond acceptors (Lipinski definition) is 8. The molecular formula is C23H23F2N5O3S. The van der Waals surface area contributed by atoms with Crippen LogP contribution in [0, 0.1) is 29.9 Å². The van der Waals surface area contributed by atoms with Gasteiger partial charge in [-0.05, 0) is 19.4 Å². The molecule has 0 spiro atoms. The van der Waals surface area contributed by atoms with Crippen LogP contribution in [-0.2, 0) is 10.3 Å². The van der Waals surface area contributed by atoms with Gasteiger partial charge in [-0.25, -0.2) is 18.7 Å². The minimum atomic E-state index is -1.11. The molecule has 2 aliphatic rings. The molecule has 8 nitrogen and oxygen atoms in total.